The number of benzene rings is 1. The number of halogens is 1. The molecule has 170 valence electrons. The van der Waals surface area contributed by atoms with Gasteiger partial charge in [-0.05, 0) is 58.1 Å². The van der Waals surface area contributed by atoms with E-state index in [-0.39, 0.29) is 15.9 Å². The first kappa shape index (κ1) is 22.4. The van der Waals surface area contributed by atoms with E-state index in [1.54, 1.807) is 31.3 Å². The molecule has 0 saturated carbocycles. The minimum absolute atomic E-state index is 0.00918. The van der Waals surface area contributed by atoms with Crippen LogP contribution in [0.4, 0.5) is 5.82 Å². The van der Waals surface area contributed by atoms with E-state index in [1.165, 1.54) is 18.2 Å². The topological polar surface area (TPSA) is 112 Å². The minimum Gasteiger partial charge on any atom is -0.389 e. The molecule has 0 radical (unpaired) electrons. The molecule has 0 amide bonds. The van der Waals surface area contributed by atoms with Gasteiger partial charge in [0, 0.05) is 28.6 Å². The summed E-state index contributed by atoms with van der Waals surface area (Å²) in [6, 6.07) is 8.48. The lowest BCUT2D eigenvalue weighted by Crippen LogP contribution is -2.31. The number of nitrogens with zero attached hydrogens (tertiary/aromatic N) is 4. The number of nitrogens with two attached hydrogens (primary N) is 2. The van der Waals surface area contributed by atoms with Gasteiger partial charge in [-0.15, -0.1) is 0 Å². The zero-order valence-electron chi connectivity index (χ0n) is 18.1. The number of piperidine rings is 1. The fraction of sp³-hybridized carbons (Fsp3) is 0.318. The van der Waals surface area contributed by atoms with Crippen molar-refractivity contribution < 1.29 is 8.42 Å². The molecule has 32 heavy (non-hydrogen) atoms. The Hall–Kier alpha value is -2.75. The second-order valence-electron chi connectivity index (χ2n) is 8.11. The van der Waals surface area contributed by atoms with Crippen molar-refractivity contribution in [1.29, 1.82) is 0 Å². The van der Waals surface area contributed by atoms with E-state index in [0.29, 0.717) is 22.9 Å². The summed E-state index contributed by atoms with van der Waals surface area (Å²) in [6.45, 7) is 3.74. The van der Waals surface area contributed by atoms with Crippen LogP contribution >= 0.6 is 11.6 Å². The van der Waals surface area contributed by atoms with Crippen molar-refractivity contribution >= 4 is 33.5 Å². The summed E-state index contributed by atoms with van der Waals surface area (Å²) in [7, 11) is -1.81. The molecule has 1 saturated heterocycles. The van der Waals surface area contributed by atoms with Crippen LogP contribution in [0.1, 0.15) is 30.1 Å². The Morgan fingerprint density at radius 2 is 1.88 bits per heavy atom. The molecule has 1 aliphatic rings. The molecule has 0 bridgehead atoms. The largest absolute Gasteiger partial charge is 0.389 e. The monoisotopic (exact) mass is 474 g/mol. The van der Waals surface area contributed by atoms with Crippen molar-refractivity contribution in [1.82, 2.24) is 18.7 Å². The average Bonchev–Trinajstić information content (AvgIpc) is 3.32. The van der Waals surface area contributed by atoms with E-state index in [2.05, 4.69) is 17.0 Å². The van der Waals surface area contributed by atoms with Crippen molar-refractivity contribution in [3.05, 3.63) is 59.1 Å². The third-order valence-corrected chi connectivity index (χ3v) is 7.87. The molecule has 3 heterocycles. The highest BCUT2D eigenvalue weighted by molar-refractivity contribution is 7.90. The molecule has 1 fully saturated rings. The summed E-state index contributed by atoms with van der Waals surface area (Å²) < 4.78 is 29.9. The predicted molar refractivity (Wildman–Crippen MR) is 128 cm³/mol. The van der Waals surface area contributed by atoms with Gasteiger partial charge in [0.1, 0.15) is 5.82 Å². The molecule has 2 aromatic heterocycles. The number of hydrogen-bond acceptors (Lipinski definition) is 6. The molecule has 10 heteroatoms. The molecule has 1 aliphatic heterocycles. The first-order valence-corrected chi connectivity index (χ1v) is 12.2. The molecule has 1 aromatic carbocycles. The summed E-state index contributed by atoms with van der Waals surface area (Å²) in [6.07, 6.45) is 7.18. The maximum absolute atomic E-state index is 13.4. The van der Waals surface area contributed by atoms with E-state index in [4.69, 9.17) is 23.1 Å². The van der Waals surface area contributed by atoms with Gasteiger partial charge in [0.2, 0.25) is 0 Å². The number of nitrogen functional groups attached to an aromatic ring is 1. The van der Waals surface area contributed by atoms with Crippen LogP contribution in [0.15, 0.2) is 52.8 Å². The highest BCUT2D eigenvalue weighted by Gasteiger charge is 2.29. The van der Waals surface area contributed by atoms with Crippen molar-refractivity contribution in [3.8, 4) is 11.1 Å². The van der Waals surface area contributed by atoms with Crippen LogP contribution in [0.2, 0.25) is 0 Å². The molecular formula is C22H27ClN6O2S. The Bertz CT molecular complexity index is 1250. The lowest BCUT2D eigenvalue weighted by molar-refractivity contribution is 0.212. The summed E-state index contributed by atoms with van der Waals surface area (Å²) in [5.74, 6) is 0.0528. The van der Waals surface area contributed by atoms with Crippen LogP contribution in [0.3, 0.4) is 0 Å². The Balaban J connectivity index is 1.85. The van der Waals surface area contributed by atoms with Gasteiger partial charge in [-0.3, -0.25) is 4.68 Å². The normalized spacial score (nSPS) is 16.5. The Morgan fingerprint density at radius 3 is 2.50 bits per heavy atom. The SMILES string of the molecule is Cc1c(-c2cnn(C3CCN(C)CC3)c2)c(/C=C(\N)Cl)c(N)n1S(=O)(=O)c1ccccc1. The first-order chi connectivity index (χ1) is 15.2. The van der Waals surface area contributed by atoms with E-state index < -0.39 is 10.0 Å². The van der Waals surface area contributed by atoms with Crippen molar-refractivity contribution in [3.63, 3.8) is 0 Å². The van der Waals surface area contributed by atoms with Crippen LogP contribution in [0.5, 0.6) is 0 Å². The number of rotatable bonds is 5. The smallest absolute Gasteiger partial charge is 0.269 e. The van der Waals surface area contributed by atoms with Crippen LogP contribution in [-0.2, 0) is 10.0 Å². The first-order valence-electron chi connectivity index (χ1n) is 10.4. The molecule has 8 nitrogen and oxygen atoms in total. The number of hydrogen-bond donors (Lipinski definition) is 2. The fourth-order valence-corrected chi connectivity index (χ4v) is 5.93. The maximum atomic E-state index is 13.4. The standard InChI is InChI=1S/C22H27ClN6O2S/c1-15-21(16-13-26-28(14-16)17-8-10-27(2)11-9-17)19(12-20(23)24)22(25)29(15)32(30,31)18-6-4-3-5-7-18/h3-7,12-14,17H,8-11,24-25H2,1-2H3/b20-12-. The zero-order valence-corrected chi connectivity index (χ0v) is 19.6. The summed E-state index contributed by atoms with van der Waals surface area (Å²) >= 11 is 5.98. The van der Waals surface area contributed by atoms with Gasteiger partial charge < -0.3 is 16.4 Å². The second-order valence-corrected chi connectivity index (χ2v) is 10.3. The van der Waals surface area contributed by atoms with Crippen molar-refractivity contribution in [2.75, 3.05) is 25.9 Å². The minimum atomic E-state index is -3.92. The number of likely N-dealkylation sites (tertiary alicyclic amines) is 1. The van der Waals surface area contributed by atoms with E-state index in [0.717, 1.165) is 35.5 Å². The maximum Gasteiger partial charge on any atom is 0.269 e. The van der Waals surface area contributed by atoms with Gasteiger partial charge in [-0.1, -0.05) is 29.8 Å². The van der Waals surface area contributed by atoms with Gasteiger partial charge >= 0.3 is 0 Å². The lowest BCUT2D eigenvalue weighted by atomic mass is 10.0. The van der Waals surface area contributed by atoms with Crippen LogP contribution < -0.4 is 11.5 Å². The Kier molecular flexibility index (Phi) is 6.07. The third-order valence-electron chi connectivity index (χ3n) is 5.95. The molecule has 0 spiro atoms. The number of aromatic nitrogens is 3. The zero-order chi connectivity index (χ0) is 23.0. The summed E-state index contributed by atoms with van der Waals surface area (Å²) in [5, 5.41) is 4.58. The summed E-state index contributed by atoms with van der Waals surface area (Å²) in [4.78, 5) is 2.44. The predicted octanol–water partition coefficient (Wildman–Crippen LogP) is 3.24. The van der Waals surface area contributed by atoms with E-state index >= 15 is 0 Å². The van der Waals surface area contributed by atoms with Gasteiger partial charge in [0.25, 0.3) is 10.0 Å². The van der Waals surface area contributed by atoms with Crippen LogP contribution in [-0.4, -0.2) is 47.2 Å². The highest BCUT2D eigenvalue weighted by Crippen LogP contribution is 2.38. The quantitative estimate of drug-likeness (QED) is 0.549. The van der Waals surface area contributed by atoms with E-state index in [1.807, 2.05) is 10.9 Å². The molecule has 4 N–H and O–H groups in total. The third kappa shape index (κ3) is 4.03. The van der Waals surface area contributed by atoms with Gasteiger partial charge in [-0.2, -0.15) is 5.10 Å². The average molecular weight is 475 g/mol. The van der Waals surface area contributed by atoms with Crippen molar-refractivity contribution in [2.24, 2.45) is 5.73 Å². The molecule has 4 rings (SSSR count). The summed E-state index contributed by atoms with van der Waals surface area (Å²) in [5.41, 5.74) is 14.4. The molecule has 3 aromatic rings. The molecular weight excluding hydrogens is 448 g/mol. The molecule has 0 aliphatic carbocycles. The molecule has 0 atom stereocenters. The van der Waals surface area contributed by atoms with E-state index in [9.17, 15) is 8.42 Å². The van der Waals surface area contributed by atoms with Crippen LogP contribution in [0.25, 0.3) is 17.2 Å². The van der Waals surface area contributed by atoms with Gasteiger partial charge in [-0.25, -0.2) is 12.4 Å². The van der Waals surface area contributed by atoms with Crippen molar-refractivity contribution in [2.45, 2.75) is 30.7 Å². The molecule has 0 unspecified atom stereocenters. The Morgan fingerprint density at radius 1 is 1.22 bits per heavy atom. The number of anilines is 1. The lowest BCUT2D eigenvalue weighted by Gasteiger charge is -2.28. The fourth-order valence-electron chi connectivity index (χ4n) is 4.30. The van der Waals surface area contributed by atoms with Gasteiger partial charge in [0.05, 0.1) is 22.3 Å². The van der Waals surface area contributed by atoms with Gasteiger partial charge in [0.15, 0.2) is 0 Å². The second kappa shape index (κ2) is 8.65. The van der Waals surface area contributed by atoms with Crippen LogP contribution in [0, 0.1) is 6.92 Å². The highest BCUT2D eigenvalue weighted by atomic mass is 35.5. The Labute approximate surface area is 193 Å².